The number of hydrogen-bond donors (Lipinski definition) is 2. The lowest BCUT2D eigenvalue weighted by Gasteiger charge is -2.10. The Morgan fingerprint density at radius 1 is 1.17 bits per heavy atom. The fourth-order valence-electron chi connectivity index (χ4n) is 1.73. The first kappa shape index (κ1) is 12.1. The van der Waals surface area contributed by atoms with Crippen molar-refractivity contribution >= 4 is 11.8 Å². The predicted molar refractivity (Wildman–Crippen MR) is 70.8 cm³/mol. The predicted octanol–water partition coefficient (Wildman–Crippen LogP) is 3.46. The molecule has 0 fully saturated rings. The molecule has 0 bridgehead atoms. The topological polar surface area (TPSA) is 62.2 Å². The summed E-state index contributed by atoms with van der Waals surface area (Å²) in [5.74, 6) is 0. The first-order valence-electron chi connectivity index (χ1n) is 5.60. The summed E-state index contributed by atoms with van der Waals surface area (Å²) in [6.07, 6.45) is 0.689. The lowest BCUT2D eigenvalue weighted by Crippen LogP contribution is -2.08. The Hall–Kier alpha value is -2.36. The van der Waals surface area contributed by atoms with Crippen LogP contribution in [0, 0.1) is 13.8 Å². The van der Waals surface area contributed by atoms with E-state index >= 15 is 0 Å². The zero-order valence-corrected chi connectivity index (χ0v) is 10.3. The van der Waals surface area contributed by atoms with Gasteiger partial charge >= 0.3 is 6.09 Å². The molecular weight excluding hydrogens is 228 g/mol. The quantitative estimate of drug-likeness (QED) is 0.847. The van der Waals surface area contributed by atoms with Crippen molar-refractivity contribution in [2.75, 3.05) is 5.32 Å². The molecule has 0 saturated carbocycles. The molecule has 18 heavy (non-hydrogen) atoms. The Balaban J connectivity index is 2.49. The number of amides is 1. The van der Waals surface area contributed by atoms with Gasteiger partial charge in [0.1, 0.15) is 0 Å². The highest BCUT2D eigenvalue weighted by Gasteiger charge is 2.08. The van der Waals surface area contributed by atoms with E-state index < -0.39 is 6.09 Å². The van der Waals surface area contributed by atoms with Gasteiger partial charge in [0, 0.05) is 11.8 Å². The normalized spacial score (nSPS) is 10.1. The Morgan fingerprint density at radius 3 is 2.50 bits per heavy atom. The van der Waals surface area contributed by atoms with Gasteiger partial charge in [0.15, 0.2) is 0 Å². The summed E-state index contributed by atoms with van der Waals surface area (Å²) in [5.41, 5.74) is 4.15. The Kier molecular flexibility index (Phi) is 3.28. The smallest absolute Gasteiger partial charge is 0.409 e. The molecule has 0 aliphatic rings. The average molecular weight is 242 g/mol. The summed E-state index contributed by atoms with van der Waals surface area (Å²) in [6, 6.07) is 9.44. The Morgan fingerprint density at radius 2 is 1.89 bits per heavy atom. The monoisotopic (exact) mass is 242 g/mol. The number of aromatic nitrogens is 1. The number of anilines is 1. The van der Waals surface area contributed by atoms with Crippen LogP contribution >= 0.6 is 0 Å². The van der Waals surface area contributed by atoms with Crippen molar-refractivity contribution in [2.24, 2.45) is 0 Å². The van der Waals surface area contributed by atoms with E-state index in [1.807, 2.05) is 38.1 Å². The summed E-state index contributed by atoms with van der Waals surface area (Å²) in [7, 11) is 0. The van der Waals surface area contributed by atoms with E-state index in [0.29, 0.717) is 5.69 Å². The van der Waals surface area contributed by atoms with Crippen molar-refractivity contribution < 1.29 is 9.90 Å². The molecule has 0 aliphatic carbocycles. The van der Waals surface area contributed by atoms with Gasteiger partial charge < -0.3 is 5.11 Å². The van der Waals surface area contributed by atoms with Crippen molar-refractivity contribution in [3.05, 3.63) is 47.7 Å². The number of carboxylic acid groups (broad SMARTS) is 1. The van der Waals surface area contributed by atoms with Crippen LogP contribution in [0.3, 0.4) is 0 Å². The molecule has 1 heterocycles. The second kappa shape index (κ2) is 4.87. The minimum Gasteiger partial charge on any atom is -0.465 e. The molecule has 4 heteroatoms. The number of benzene rings is 1. The van der Waals surface area contributed by atoms with Gasteiger partial charge in [-0.3, -0.25) is 10.3 Å². The summed E-state index contributed by atoms with van der Waals surface area (Å²) >= 11 is 0. The Bertz CT molecular complexity index is 577. The third kappa shape index (κ3) is 2.66. The highest BCUT2D eigenvalue weighted by molar-refractivity contribution is 5.90. The summed E-state index contributed by atoms with van der Waals surface area (Å²) < 4.78 is 0. The van der Waals surface area contributed by atoms with Crippen LogP contribution in [0.5, 0.6) is 0 Å². The number of nitrogens with one attached hydrogen (secondary N) is 1. The maximum absolute atomic E-state index is 10.8. The molecule has 2 N–H and O–H groups in total. The SMILES string of the molecule is Cc1ccc(-c2ccc(C)cc2NC(=O)O)nc1. The van der Waals surface area contributed by atoms with Gasteiger partial charge in [-0.1, -0.05) is 18.2 Å². The minimum absolute atomic E-state index is 0.554. The Labute approximate surface area is 105 Å². The first-order valence-corrected chi connectivity index (χ1v) is 5.60. The van der Waals surface area contributed by atoms with Crippen molar-refractivity contribution in [1.29, 1.82) is 0 Å². The molecule has 2 aromatic rings. The number of rotatable bonds is 2. The molecule has 4 nitrogen and oxygen atoms in total. The van der Waals surface area contributed by atoms with Crippen LogP contribution in [0.2, 0.25) is 0 Å². The standard InChI is InChI=1S/C14H14N2O2/c1-9-3-5-11(13(7-9)16-14(17)18)12-6-4-10(2)8-15-12/h3-8,16H,1-2H3,(H,17,18). The molecule has 1 aromatic carbocycles. The zero-order chi connectivity index (χ0) is 13.1. The molecule has 0 aliphatic heterocycles. The average Bonchev–Trinajstić information content (AvgIpc) is 2.30. The maximum Gasteiger partial charge on any atom is 0.409 e. The highest BCUT2D eigenvalue weighted by atomic mass is 16.4. The zero-order valence-electron chi connectivity index (χ0n) is 10.3. The van der Waals surface area contributed by atoms with Crippen molar-refractivity contribution in [3.63, 3.8) is 0 Å². The number of carbonyl (C=O) groups is 1. The van der Waals surface area contributed by atoms with Gasteiger partial charge in [-0.05, 0) is 37.1 Å². The summed E-state index contributed by atoms with van der Waals surface area (Å²) in [5, 5.41) is 11.2. The van der Waals surface area contributed by atoms with Crippen molar-refractivity contribution in [1.82, 2.24) is 4.98 Å². The van der Waals surface area contributed by atoms with Gasteiger partial charge in [0.05, 0.1) is 11.4 Å². The second-order valence-electron chi connectivity index (χ2n) is 4.20. The van der Waals surface area contributed by atoms with Crippen LogP contribution in [0.4, 0.5) is 10.5 Å². The van der Waals surface area contributed by atoms with Gasteiger partial charge in [0.2, 0.25) is 0 Å². The van der Waals surface area contributed by atoms with E-state index in [4.69, 9.17) is 5.11 Å². The molecule has 0 spiro atoms. The van der Waals surface area contributed by atoms with Crippen LogP contribution in [-0.2, 0) is 0 Å². The largest absolute Gasteiger partial charge is 0.465 e. The van der Waals surface area contributed by atoms with Gasteiger partial charge in [-0.2, -0.15) is 0 Å². The molecule has 0 saturated heterocycles. The molecule has 2 rings (SSSR count). The molecule has 92 valence electrons. The number of hydrogen-bond acceptors (Lipinski definition) is 2. The molecular formula is C14H14N2O2. The molecule has 1 aromatic heterocycles. The molecule has 0 unspecified atom stereocenters. The molecule has 0 atom stereocenters. The van der Waals surface area contributed by atoms with E-state index in [1.165, 1.54) is 0 Å². The third-order valence-electron chi connectivity index (χ3n) is 2.60. The van der Waals surface area contributed by atoms with E-state index in [2.05, 4.69) is 10.3 Å². The summed E-state index contributed by atoms with van der Waals surface area (Å²) in [6.45, 7) is 3.88. The van der Waals surface area contributed by atoms with Gasteiger partial charge in [-0.15, -0.1) is 0 Å². The van der Waals surface area contributed by atoms with Crippen molar-refractivity contribution in [3.8, 4) is 11.3 Å². The first-order chi connectivity index (χ1) is 8.56. The van der Waals surface area contributed by atoms with E-state index in [9.17, 15) is 4.79 Å². The second-order valence-corrected chi connectivity index (χ2v) is 4.20. The van der Waals surface area contributed by atoms with Crippen LogP contribution in [0.25, 0.3) is 11.3 Å². The van der Waals surface area contributed by atoms with Gasteiger partial charge in [-0.25, -0.2) is 4.79 Å². The van der Waals surface area contributed by atoms with Crippen LogP contribution in [-0.4, -0.2) is 16.2 Å². The van der Waals surface area contributed by atoms with E-state index in [1.54, 1.807) is 12.3 Å². The number of nitrogens with zero attached hydrogens (tertiary/aromatic N) is 1. The minimum atomic E-state index is -1.08. The fraction of sp³-hybridized carbons (Fsp3) is 0.143. The van der Waals surface area contributed by atoms with Crippen LogP contribution in [0.1, 0.15) is 11.1 Å². The van der Waals surface area contributed by atoms with Gasteiger partial charge in [0.25, 0.3) is 0 Å². The maximum atomic E-state index is 10.8. The lowest BCUT2D eigenvalue weighted by atomic mass is 10.1. The van der Waals surface area contributed by atoms with Crippen LogP contribution in [0.15, 0.2) is 36.5 Å². The fourth-order valence-corrected chi connectivity index (χ4v) is 1.73. The highest BCUT2D eigenvalue weighted by Crippen LogP contribution is 2.27. The van der Waals surface area contributed by atoms with E-state index in [0.717, 1.165) is 22.4 Å². The molecule has 1 amide bonds. The third-order valence-corrected chi connectivity index (χ3v) is 2.60. The molecule has 0 radical (unpaired) electrons. The summed E-state index contributed by atoms with van der Waals surface area (Å²) in [4.78, 5) is 15.1. The van der Waals surface area contributed by atoms with E-state index in [-0.39, 0.29) is 0 Å². The number of pyridine rings is 1. The van der Waals surface area contributed by atoms with Crippen LogP contribution < -0.4 is 5.32 Å². The lowest BCUT2D eigenvalue weighted by molar-refractivity contribution is 0.210. The number of aryl methyl sites for hydroxylation is 2. The van der Waals surface area contributed by atoms with Crippen molar-refractivity contribution in [2.45, 2.75) is 13.8 Å².